The first-order valence-corrected chi connectivity index (χ1v) is 16.3. The number of hydrogen-bond donors (Lipinski definition) is 3. The van der Waals surface area contributed by atoms with Crippen molar-refractivity contribution in [3.63, 3.8) is 0 Å². The Bertz CT molecular complexity index is 1260. The number of rotatable bonds is 10. The van der Waals surface area contributed by atoms with Gasteiger partial charge in [0, 0.05) is 50.5 Å². The van der Waals surface area contributed by atoms with Gasteiger partial charge in [-0.1, -0.05) is 25.1 Å². The summed E-state index contributed by atoms with van der Waals surface area (Å²) in [5, 5.41) is 16.0. The van der Waals surface area contributed by atoms with E-state index in [4.69, 9.17) is 9.47 Å². The van der Waals surface area contributed by atoms with Gasteiger partial charge in [0.25, 0.3) is 5.91 Å². The number of benzene rings is 2. The number of ether oxygens (including phenoxy) is 2. The number of fused-ring (bicyclic) bond motifs is 1. The minimum absolute atomic E-state index is 0.126. The summed E-state index contributed by atoms with van der Waals surface area (Å²) in [4.78, 5) is 45.2. The van der Waals surface area contributed by atoms with Crippen molar-refractivity contribution in [3.05, 3.63) is 54.1 Å². The summed E-state index contributed by atoms with van der Waals surface area (Å²) in [5.74, 6) is -0.187. The molecule has 46 heavy (non-hydrogen) atoms. The van der Waals surface area contributed by atoms with E-state index in [0.29, 0.717) is 42.3 Å². The largest absolute Gasteiger partial charge is 0.490 e. The second kappa shape index (κ2) is 18.5. The Balaban J connectivity index is 1.86. The van der Waals surface area contributed by atoms with Gasteiger partial charge in [0.05, 0.1) is 30.4 Å². The summed E-state index contributed by atoms with van der Waals surface area (Å²) < 4.78 is 12.6. The topological polar surface area (TPSA) is 124 Å². The Morgan fingerprint density at radius 1 is 1.04 bits per heavy atom. The zero-order valence-corrected chi connectivity index (χ0v) is 28.3. The number of urea groups is 1. The lowest BCUT2D eigenvalue weighted by Gasteiger charge is -2.35. The van der Waals surface area contributed by atoms with E-state index >= 15 is 0 Å². The van der Waals surface area contributed by atoms with Crippen LogP contribution in [0.15, 0.2) is 48.5 Å². The van der Waals surface area contributed by atoms with Crippen LogP contribution >= 0.6 is 0 Å². The van der Waals surface area contributed by atoms with Crippen molar-refractivity contribution < 1.29 is 29.0 Å². The van der Waals surface area contributed by atoms with E-state index in [9.17, 15) is 19.5 Å². The van der Waals surface area contributed by atoms with Crippen LogP contribution in [-0.2, 0) is 9.53 Å². The maximum Gasteiger partial charge on any atom is 0.321 e. The molecule has 4 atom stereocenters. The van der Waals surface area contributed by atoms with Crippen LogP contribution < -0.4 is 15.4 Å². The predicted molar refractivity (Wildman–Crippen MR) is 181 cm³/mol. The number of hydrogen-bond acceptors (Lipinski definition) is 7. The molecule has 0 aromatic heterocycles. The van der Waals surface area contributed by atoms with Gasteiger partial charge in [-0.05, 0) is 90.5 Å². The van der Waals surface area contributed by atoms with E-state index in [2.05, 4.69) is 10.6 Å². The van der Waals surface area contributed by atoms with Crippen molar-refractivity contribution in [2.45, 2.75) is 71.1 Å². The van der Waals surface area contributed by atoms with E-state index < -0.39 is 6.04 Å². The van der Waals surface area contributed by atoms with Gasteiger partial charge in [-0.15, -0.1) is 0 Å². The highest BCUT2D eigenvalue weighted by atomic mass is 16.5. The molecule has 2 aromatic rings. The van der Waals surface area contributed by atoms with E-state index in [0.717, 1.165) is 32.2 Å². The fourth-order valence-electron chi connectivity index (χ4n) is 5.34. The van der Waals surface area contributed by atoms with Gasteiger partial charge in [0.2, 0.25) is 5.91 Å². The molecule has 11 nitrogen and oxygen atoms in total. The predicted octanol–water partition coefficient (Wildman–Crippen LogP) is 4.93. The maximum absolute atomic E-state index is 14.3. The van der Waals surface area contributed by atoms with E-state index in [1.807, 2.05) is 63.2 Å². The fraction of sp³-hybridized carbons (Fsp3) is 0.571. The first kappa shape index (κ1) is 36.8. The average molecular weight is 640 g/mol. The second-order valence-corrected chi connectivity index (χ2v) is 12.6. The molecule has 0 saturated carbocycles. The Morgan fingerprint density at radius 2 is 1.78 bits per heavy atom. The lowest BCUT2D eigenvalue weighted by Crippen LogP contribution is -2.48. The molecular formula is C35H53N5O6. The number of aliphatic hydroxyl groups is 1. The average Bonchev–Trinajstić information content (AvgIpc) is 3.02. The number of carbonyl (C=O) groups is 3. The standard InChI is InChI=1S/C35H53N5O6/c1-25-22-40(26(2)24-41)34(43)30-21-29(36-33(42)16-12-19-38(4)5)17-18-31(30)46-27(3)13-10-11-20-45-32(25)23-39(6)35(44)37-28-14-8-7-9-15-28/h7-9,14-15,17-18,21,25-27,32,41H,10-13,16,19-20,22-24H2,1-6H3,(H,36,42)(H,37,44)/t25-,26-,27+,32-/m1/s1. The zero-order chi connectivity index (χ0) is 33.6. The number of amides is 4. The van der Waals surface area contributed by atoms with Crippen molar-refractivity contribution in [1.82, 2.24) is 14.7 Å². The SMILES string of the molecule is C[C@@H]1CN([C@H](C)CO)C(=O)c2cc(NC(=O)CCCN(C)C)ccc2O[C@@H](C)CCCCO[C@@H]1CN(C)C(=O)Nc1ccccc1. The Hall–Kier alpha value is -3.67. The number of aliphatic hydroxyl groups excluding tert-OH is 1. The van der Waals surface area contributed by atoms with Crippen molar-refractivity contribution >= 4 is 29.2 Å². The first-order chi connectivity index (χ1) is 22.0. The monoisotopic (exact) mass is 639 g/mol. The number of nitrogens with zero attached hydrogens (tertiary/aromatic N) is 3. The third kappa shape index (κ3) is 11.6. The van der Waals surface area contributed by atoms with Gasteiger partial charge in [-0.25, -0.2) is 4.79 Å². The molecule has 0 bridgehead atoms. The molecule has 0 radical (unpaired) electrons. The molecule has 1 heterocycles. The molecule has 0 saturated heterocycles. The minimum Gasteiger partial charge on any atom is -0.490 e. The summed E-state index contributed by atoms with van der Waals surface area (Å²) in [7, 11) is 5.66. The molecule has 1 aliphatic rings. The van der Waals surface area contributed by atoms with Crippen LogP contribution in [0, 0.1) is 5.92 Å². The smallest absolute Gasteiger partial charge is 0.321 e. The van der Waals surface area contributed by atoms with Crippen molar-refractivity contribution in [2.75, 3.05) is 64.6 Å². The van der Waals surface area contributed by atoms with Crippen LogP contribution in [0.3, 0.4) is 0 Å². The molecule has 2 aromatic carbocycles. The van der Waals surface area contributed by atoms with Crippen molar-refractivity contribution in [2.24, 2.45) is 5.92 Å². The van der Waals surface area contributed by atoms with Gasteiger partial charge in [-0.3, -0.25) is 9.59 Å². The number of carbonyl (C=O) groups excluding carboxylic acids is 3. The summed E-state index contributed by atoms with van der Waals surface area (Å²) >= 11 is 0. The summed E-state index contributed by atoms with van der Waals surface area (Å²) in [5.41, 5.74) is 1.53. The van der Waals surface area contributed by atoms with E-state index in [-0.39, 0.29) is 49.1 Å². The van der Waals surface area contributed by atoms with E-state index in [1.165, 1.54) is 0 Å². The molecule has 11 heteroatoms. The third-order valence-electron chi connectivity index (χ3n) is 8.17. The quantitative estimate of drug-likeness (QED) is 0.337. The lowest BCUT2D eigenvalue weighted by molar-refractivity contribution is -0.116. The highest BCUT2D eigenvalue weighted by Crippen LogP contribution is 2.28. The summed E-state index contributed by atoms with van der Waals surface area (Å²) in [6.07, 6.45) is 3.00. The number of para-hydroxylation sites is 1. The third-order valence-corrected chi connectivity index (χ3v) is 8.17. The molecular weight excluding hydrogens is 586 g/mol. The van der Waals surface area contributed by atoms with Crippen molar-refractivity contribution in [3.8, 4) is 5.75 Å². The molecule has 0 fully saturated rings. The molecule has 3 N–H and O–H groups in total. The van der Waals surface area contributed by atoms with Gasteiger partial charge >= 0.3 is 6.03 Å². The van der Waals surface area contributed by atoms with Crippen LogP contribution in [0.25, 0.3) is 0 Å². The minimum atomic E-state index is -0.503. The maximum atomic E-state index is 14.3. The van der Waals surface area contributed by atoms with E-state index in [1.54, 1.807) is 42.0 Å². The number of nitrogens with one attached hydrogen (secondary N) is 2. The first-order valence-electron chi connectivity index (χ1n) is 16.3. The summed E-state index contributed by atoms with van der Waals surface area (Å²) in [6, 6.07) is 13.7. The molecule has 0 spiro atoms. The molecule has 3 rings (SSSR count). The van der Waals surface area contributed by atoms with Crippen molar-refractivity contribution in [1.29, 1.82) is 0 Å². The van der Waals surface area contributed by atoms with Gasteiger partial charge in [0.1, 0.15) is 5.75 Å². The molecule has 0 aliphatic carbocycles. The summed E-state index contributed by atoms with van der Waals surface area (Å²) in [6.45, 7) is 7.42. The molecule has 254 valence electrons. The Kier molecular flexibility index (Phi) is 14.8. The lowest BCUT2D eigenvalue weighted by atomic mass is 10.0. The second-order valence-electron chi connectivity index (χ2n) is 12.6. The number of likely N-dealkylation sites (N-methyl/N-ethyl adjacent to an activating group) is 1. The molecule has 1 aliphatic heterocycles. The van der Waals surface area contributed by atoms with Crippen LogP contribution in [-0.4, -0.2) is 110 Å². The van der Waals surface area contributed by atoms with Gasteiger partial charge in [-0.2, -0.15) is 0 Å². The molecule has 4 amide bonds. The van der Waals surface area contributed by atoms with Crippen LogP contribution in [0.1, 0.15) is 63.2 Å². The normalized spacial score (nSPS) is 20.2. The highest BCUT2D eigenvalue weighted by Gasteiger charge is 2.31. The van der Waals surface area contributed by atoms with Gasteiger partial charge < -0.3 is 39.9 Å². The Morgan fingerprint density at radius 3 is 2.48 bits per heavy atom. The number of anilines is 2. The van der Waals surface area contributed by atoms with Gasteiger partial charge in [0.15, 0.2) is 0 Å². The highest BCUT2D eigenvalue weighted by molar-refractivity contribution is 5.99. The van der Waals surface area contributed by atoms with Crippen LogP contribution in [0.4, 0.5) is 16.2 Å². The Labute approximate surface area is 274 Å². The van der Waals surface area contributed by atoms with Crippen LogP contribution in [0.2, 0.25) is 0 Å². The van der Waals surface area contributed by atoms with Crippen LogP contribution in [0.5, 0.6) is 5.75 Å². The fourth-order valence-corrected chi connectivity index (χ4v) is 5.34. The molecule has 0 unspecified atom stereocenters. The zero-order valence-electron chi connectivity index (χ0n) is 28.3.